The molecule has 0 amide bonds. The van der Waals surface area contributed by atoms with Crippen molar-refractivity contribution in [2.24, 2.45) is 0 Å². The average Bonchev–Trinajstić information content (AvgIpc) is 2.38. The zero-order valence-electron chi connectivity index (χ0n) is 13.0. The highest BCUT2D eigenvalue weighted by atomic mass is 16.6. The van der Waals surface area contributed by atoms with Gasteiger partial charge in [-0.05, 0) is 39.2 Å². The summed E-state index contributed by atoms with van der Waals surface area (Å²) in [5.41, 5.74) is 0.618. The molecule has 3 nitrogen and oxygen atoms in total. The number of benzene rings is 1. The van der Waals surface area contributed by atoms with Gasteiger partial charge in [0, 0.05) is 6.08 Å². The third-order valence-electron chi connectivity index (χ3n) is 2.59. The van der Waals surface area contributed by atoms with Crippen LogP contribution in [0.4, 0.5) is 0 Å². The van der Waals surface area contributed by atoms with Crippen LogP contribution in [0, 0.1) is 0 Å². The molecule has 0 saturated heterocycles. The topological polar surface area (TPSA) is 46.5 Å². The minimum absolute atomic E-state index is 0.380. The number of esters is 1. The van der Waals surface area contributed by atoms with Gasteiger partial charge < -0.3 is 9.84 Å². The Morgan fingerprint density at radius 3 is 2.43 bits per heavy atom. The molecule has 1 N–H and O–H groups in total. The van der Waals surface area contributed by atoms with E-state index in [1.54, 1.807) is 6.08 Å². The molecule has 0 unspecified atom stereocenters. The van der Waals surface area contributed by atoms with Crippen molar-refractivity contribution >= 4 is 12.0 Å². The summed E-state index contributed by atoms with van der Waals surface area (Å²) in [6.45, 7) is 5.46. The molecule has 0 fully saturated rings. The maximum Gasteiger partial charge on any atom is 0.330 e. The molecule has 0 spiro atoms. The van der Waals surface area contributed by atoms with Gasteiger partial charge in [0.25, 0.3) is 0 Å². The van der Waals surface area contributed by atoms with Crippen molar-refractivity contribution < 1.29 is 14.6 Å². The molecule has 1 aromatic carbocycles. The smallest absolute Gasteiger partial charge is 0.330 e. The van der Waals surface area contributed by atoms with E-state index < -0.39 is 11.7 Å². The number of carbonyl (C=O) groups excluding carboxylic acids is 1. The fourth-order valence-electron chi connectivity index (χ4n) is 1.68. The molecule has 3 heteroatoms. The lowest BCUT2D eigenvalue weighted by atomic mass is 10.1. The van der Waals surface area contributed by atoms with Gasteiger partial charge >= 0.3 is 5.97 Å². The zero-order valence-corrected chi connectivity index (χ0v) is 13.0. The first-order chi connectivity index (χ1) is 9.87. The van der Waals surface area contributed by atoms with Crippen molar-refractivity contribution in [3.05, 3.63) is 54.1 Å². The summed E-state index contributed by atoms with van der Waals surface area (Å²) >= 11 is 0. The summed E-state index contributed by atoms with van der Waals surface area (Å²) in [5.74, 6) is -0.380. The highest BCUT2D eigenvalue weighted by molar-refractivity contribution is 5.82. The Labute approximate surface area is 127 Å². The molecule has 0 aliphatic rings. The molecule has 114 valence electrons. The van der Waals surface area contributed by atoms with Crippen LogP contribution in [0.15, 0.2) is 48.6 Å². The standard InChI is InChI=1S/C18H24O3/c1-18(2,3)21-17(20)14-8-13-16(19)12-7-11-15-9-5-4-6-10-15/h4-11,14,16,19H,12-13H2,1-3H3/b11-7+,14-8+/t16-/m1/s1. The Morgan fingerprint density at radius 2 is 1.81 bits per heavy atom. The van der Waals surface area contributed by atoms with E-state index in [0.717, 1.165) is 5.56 Å². The molecule has 1 rings (SSSR count). The van der Waals surface area contributed by atoms with E-state index in [1.165, 1.54) is 6.08 Å². The predicted octanol–water partition coefficient (Wildman–Crippen LogP) is 3.74. The van der Waals surface area contributed by atoms with Crippen LogP contribution in [0.2, 0.25) is 0 Å². The van der Waals surface area contributed by atoms with Crippen molar-refractivity contribution in [2.45, 2.75) is 45.3 Å². The lowest BCUT2D eigenvalue weighted by Gasteiger charge is -2.17. The van der Waals surface area contributed by atoms with Crippen molar-refractivity contribution in [3.63, 3.8) is 0 Å². The van der Waals surface area contributed by atoms with Crippen LogP contribution in [-0.2, 0) is 9.53 Å². The molecule has 0 bridgehead atoms. The number of ether oxygens (including phenoxy) is 1. The van der Waals surface area contributed by atoms with Gasteiger partial charge in [-0.1, -0.05) is 48.6 Å². The number of hydrogen-bond acceptors (Lipinski definition) is 3. The fourth-order valence-corrected chi connectivity index (χ4v) is 1.68. The molecular weight excluding hydrogens is 264 g/mol. The van der Waals surface area contributed by atoms with Gasteiger partial charge in [0.05, 0.1) is 6.10 Å². The number of hydrogen-bond donors (Lipinski definition) is 1. The van der Waals surface area contributed by atoms with Gasteiger partial charge in [0.2, 0.25) is 0 Å². The second-order valence-corrected chi connectivity index (χ2v) is 5.87. The number of aliphatic hydroxyl groups is 1. The minimum atomic E-state index is -0.497. The maximum absolute atomic E-state index is 11.4. The van der Waals surface area contributed by atoms with Crippen LogP contribution in [0.3, 0.4) is 0 Å². The lowest BCUT2D eigenvalue weighted by Crippen LogP contribution is -2.22. The molecule has 1 aromatic rings. The summed E-state index contributed by atoms with van der Waals surface area (Å²) in [4.78, 5) is 11.4. The Balaban J connectivity index is 2.29. The Hall–Kier alpha value is -1.87. The van der Waals surface area contributed by atoms with Gasteiger partial charge in [-0.15, -0.1) is 0 Å². The molecule has 0 heterocycles. The number of carbonyl (C=O) groups is 1. The highest BCUT2D eigenvalue weighted by Gasteiger charge is 2.13. The molecule has 0 aliphatic heterocycles. The Morgan fingerprint density at radius 1 is 1.19 bits per heavy atom. The third-order valence-corrected chi connectivity index (χ3v) is 2.59. The van der Waals surface area contributed by atoms with Crippen molar-refractivity contribution in [2.75, 3.05) is 0 Å². The molecule has 21 heavy (non-hydrogen) atoms. The molecule has 0 saturated carbocycles. The summed E-state index contributed by atoms with van der Waals surface area (Å²) in [7, 11) is 0. The maximum atomic E-state index is 11.4. The summed E-state index contributed by atoms with van der Waals surface area (Å²) in [6.07, 6.45) is 7.40. The summed E-state index contributed by atoms with van der Waals surface area (Å²) in [6, 6.07) is 9.92. The molecular formula is C18H24O3. The first kappa shape index (κ1) is 17.2. The van der Waals surface area contributed by atoms with Crippen molar-refractivity contribution in [1.82, 2.24) is 0 Å². The van der Waals surface area contributed by atoms with Crippen molar-refractivity contribution in [3.8, 4) is 0 Å². The lowest BCUT2D eigenvalue weighted by molar-refractivity contribution is -0.148. The number of aliphatic hydroxyl groups excluding tert-OH is 1. The van der Waals surface area contributed by atoms with Crippen LogP contribution in [-0.4, -0.2) is 22.8 Å². The Kier molecular flexibility index (Phi) is 6.89. The first-order valence-corrected chi connectivity index (χ1v) is 7.16. The fraction of sp³-hybridized carbons (Fsp3) is 0.389. The SMILES string of the molecule is CC(C)(C)OC(=O)/C=C/C[C@H](O)C/C=C/c1ccccc1. The average molecular weight is 288 g/mol. The van der Waals surface area contributed by atoms with E-state index in [-0.39, 0.29) is 5.97 Å². The van der Waals surface area contributed by atoms with E-state index in [9.17, 15) is 9.90 Å². The monoisotopic (exact) mass is 288 g/mol. The molecule has 0 aromatic heterocycles. The van der Waals surface area contributed by atoms with Gasteiger partial charge in [-0.25, -0.2) is 4.79 Å². The number of rotatable bonds is 6. The van der Waals surface area contributed by atoms with E-state index in [0.29, 0.717) is 12.8 Å². The second kappa shape index (κ2) is 8.42. The largest absolute Gasteiger partial charge is 0.457 e. The zero-order chi connectivity index (χ0) is 15.7. The van der Waals surface area contributed by atoms with E-state index in [2.05, 4.69) is 0 Å². The van der Waals surface area contributed by atoms with Crippen LogP contribution >= 0.6 is 0 Å². The van der Waals surface area contributed by atoms with E-state index >= 15 is 0 Å². The minimum Gasteiger partial charge on any atom is -0.457 e. The van der Waals surface area contributed by atoms with Gasteiger partial charge in [0.1, 0.15) is 5.60 Å². The van der Waals surface area contributed by atoms with E-state index in [1.807, 2.05) is 63.3 Å². The predicted molar refractivity (Wildman–Crippen MR) is 85.7 cm³/mol. The van der Waals surface area contributed by atoms with Crippen molar-refractivity contribution in [1.29, 1.82) is 0 Å². The van der Waals surface area contributed by atoms with Crippen LogP contribution < -0.4 is 0 Å². The van der Waals surface area contributed by atoms with Crippen LogP contribution in [0.5, 0.6) is 0 Å². The molecule has 0 radical (unpaired) electrons. The quantitative estimate of drug-likeness (QED) is 0.640. The van der Waals surface area contributed by atoms with Gasteiger partial charge in [0.15, 0.2) is 0 Å². The van der Waals surface area contributed by atoms with E-state index in [4.69, 9.17) is 4.74 Å². The Bertz CT molecular complexity index is 481. The third kappa shape index (κ3) is 8.82. The van der Waals surface area contributed by atoms with Gasteiger partial charge in [-0.3, -0.25) is 0 Å². The first-order valence-electron chi connectivity index (χ1n) is 7.16. The molecule has 1 atom stereocenters. The summed E-state index contributed by atoms with van der Waals surface area (Å²) < 4.78 is 5.14. The van der Waals surface area contributed by atoms with Crippen LogP contribution in [0.25, 0.3) is 6.08 Å². The normalized spacial score (nSPS) is 13.7. The second-order valence-electron chi connectivity index (χ2n) is 5.87. The molecule has 0 aliphatic carbocycles. The summed E-state index contributed by atoms with van der Waals surface area (Å²) in [5, 5.41) is 9.82. The van der Waals surface area contributed by atoms with Crippen LogP contribution in [0.1, 0.15) is 39.2 Å². The van der Waals surface area contributed by atoms with Gasteiger partial charge in [-0.2, -0.15) is 0 Å². The highest BCUT2D eigenvalue weighted by Crippen LogP contribution is 2.08.